The summed E-state index contributed by atoms with van der Waals surface area (Å²) in [6.45, 7) is 5.32. The number of carbonyl (C=O) groups excluding carboxylic acids is 1. The lowest BCUT2D eigenvalue weighted by atomic mass is 10.1. The molecule has 5 nitrogen and oxygen atoms in total. The Hall–Kier alpha value is -1.95. The van der Waals surface area contributed by atoms with Gasteiger partial charge in [-0.25, -0.2) is 9.38 Å². The molecule has 0 aliphatic heterocycles. The number of hydrogen-bond acceptors (Lipinski definition) is 4. The minimum Gasteiger partial charge on any atom is -0.463 e. The highest BCUT2D eigenvalue weighted by atomic mass is 19.1. The summed E-state index contributed by atoms with van der Waals surface area (Å²) >= 11 is 0. The number of amidine groups is 1. The number of methoxy groups -OCH3 is 1. The van der Waals surface area contributed by atoms with Crippen molar-refractivity contribution in [2.75, 3.05) is 26.9 Å². The van der Waals surface area contributed by atoms with Gasteiger partial charge in [-0.3, -0.25) is 10.1 Å². The van der Waals surface area contributed by atoms with Gasteiger partial charge < -0.3 is 9.47 Å². The number of nitrogens with one attached hydrogen (secondary N) is 1. The maximum atomic E-state index is 13.6. The van der Waals surface area contributed by atoms with Crippen LogP contribution in [0.1, 0.15) is 30.6 Å². The second-order valence-electron chi connectivity index (χ2n) is 5.14. The molecular formula is C16H23FN2O3. The minimum absolute atomic E-state index is 0.0469. The Morgan fingerprint density at radius 2 is 2.05 bits per heavy atom. The predicted octanol–water partition coefficient (Wildman–Crippen LogP) is 2.62. The topological polar surface area (TPSA) is 59.9 Å². The second-order valence-corrected chi connectivity index (χ2v) is 5.14. The molecule has 0 saturated carbocycles. The van der Waals surface area contributed by atoms with E-state index in [1.54, 1.807) is 13.2 Å². The Balaban J connectivity index is 2.69. The van der Waals surface area contributed by atoms with Gasteiger partial charge in [0, 0.05) is 13.7 Å². The van der Waals surface area contributed by atoms with Gasteiger partial charge in [0.25, 0.3) is 11.9 Å². The molecule has 0 heterocycles. The summed E-state index contributed by atoms with van der Waals surface area (Å²) in [5.41, 5.74) is -0.0469. The zero-order valence-electron chi connectivity index (χ0n) is 13.3. The van der Waals surface area contributed by atoms with Gasteiger partial charge in [0.05, 0.1) is 12.2 Å². The van der Waals surface area contributed by atoms with Crippen LogP contribution in [0.15, 0.2) is 29.3 Å². The number of halogens is 1. The summed E-state index contributed by atoms with van der Waals surface area (Å²) in [5.74, 6) is -0.677. The van der Waals surface area contributed by atoms with Crippen molar-refractivity contribution >= 4 is 11.9 Å². The van der Waals surface area contributed by atoms with E-state index in [9.17, 15) is 9.18 Å². The molecule has 0 aliphatic carbocycles. The van der Waals surface area contributed by atoms with E-state index in [4.69, 9.17) is 9.47 Å². The molecule has 1 aromatic rings. The van der Waals surface area contributed by atoms with E-state index < -0.39 is 11.7 Å². The molecule has 6 heteroatoms. The van der Waals surface area contributed by atoms with E-state index in [1.165, 1.54) is 18.2 Å². The van der Waals surface area contributed by atoms with E-state index in [0.717, 1.165) is 6.42 Å². The quantitative estimate of drug-likeness (QED) is 0.478. The predicted molar refractivity (Wildman–Crippen MR) is 83.5 cm³/mol. The number of rotatable bonds is 7. The highest BCUT2D eigenvalue weighted by molar-refractivity contribution is 6.04. The highest BCUT2D eigenvalue weighted by Gasteiger charge is 2.13. The Morgan fingerprint density at radius 3 is 2.68 bits per heavy atom. The van der Waals surface area contributed by atoms with Crippen LogP contribution in [0.2, 0.25) is 0 Å². The van der Waals surface area contributed by atoms with Crippen molar-refractivity contribution in [1.29, 1.82) is 0 Å². The Bertz CT molecular complexity index is 504. The minimum atomic E-state index is -0.585. The van der Waals surface area contributed by atoms with E-state index in [1.807, 2.05) is 0 Å². The molecule has 0 spiro atoms. The molecule has 0 radical (unpaired) electrons. The van der Waals surface area contributed by atoms with Gasteiger partial charge in [0.15, 0.2) is 0 Å². The van der Waals surface area contributed by atoms with Gasteiger partial charge >= 0.3 is 0 Å². The van der Waals surface area contributed by atoms with Crippen molar-refractivity contribution in [2.24, 2.45) is 10.9 Å². The number of hydrogen-bond donors (Lipinski definition) is 1. The number of carbonyl (C=O) groups is 1. The fourth-order valence-corrected chi connectivity index (χ4v) is 1.58. The standard InChI is InChI=1S/C16H23FN2O3/c1-12(2)8-9-18-16(22-11-10-21-3)19-15(20)13-6-4-5-7-14(13)17/h4-7,12H,8-11H2,1-3H3,(H,18,19,20). The molecule has 1 rings (SSSR count). The van der Waals surface area contributed by atoms with Crippen molar-refractivity contribution < 1.29 is 18.7 Å². The Kier molecular flexibility index (Phi) is 8.14. The monoisotopic (exact) mass is 310 g/mol. The molecule has 1 aromatic carbocycles. The molecule has 0 unspecified atom stereocenters. The Morgan fingerprint density at radius 1 is 1.32 bits per heavy atom. The van der Waals surface area contributed by atoms with Crippen LogP contribution < -0.4 is 5.32 Å². The normalized spacial score (nSPS) is 11.6. The van der Waals surface area contributed by atoms with Gasteiger partial charge in [-0.05, 0) is 24.5 Å². The molecule has 22 heavy (non-hydrogen) atoms. The molecule has 0 bridgehead atoms. The van der Waals surface area contributed by atoms with Crippen molar-refractivity contribution in [3.05, 3.63) is 35.6 Å². The summed E-state index contributed by atoms with van der Waals surface area (Å²) in [6, 6.07) is 5.85. The van der Waals surface area contributed by atoms with Crippen molar-refractivity contribution in [1.82, 2.24) is 5.32 Å². The first kappa shape index (κ1) is 18.1. The SMILES string of the molecule is COCCOC(=NCCC(C)C)NC(=O)c1ccccc1F. The zero-order chi connectivity index (χ0) is 16.4. The maximum absolute atomic E-state index is 13.6. The van der Waals surface area contributed by atoms with Gasteiger partial charge in [-0.1, -0.05) is 26.0 Å². The summed E-state index contributed by atoms with van der Waals surface area (Å²) in [4.78, 5) is 16.3. The molecule has 1 N–H and O–H groups in total. The second kappa shape index (κ2) is 9.89. The fraction of sp³-hybridized carbons (Fsp3) is 0.500. The average molecular weight is 310 g/mol. The first-order chi connectivity index (χ1) is 10.5. The van der Waals surface area contributed by atoms with Crippen LogP contribution in [-0.2, 0) is 9.47 Å². The Labute approximate surface area is 130 Å². The number of aliphatic imine (C=N–C) groups is 1. The van der Waals surface area contributed by atoms with Crippen LogP contribution >= 0.6 is 0 Å². The number of benzene rings is 1. The summed E-state index contributed by atoms with van der Waals surface area (Å²) in [5, 5.41) is 2.50. The van der Waals surface area contributed by atoms with Crippen LogP contribution in [0.4, 0.5) is 4.39 Å². The lowest BCUT2D eigenvalue weighted by Crippen LogP contribution is -2.34. The van der Waals surface area contributed by atoms with E-state index >= 15 is 0 Å². The maximum Gasteiger partial charge on any atom is 0.291 e. The zero-order valence-corrected chi connectivity index (χ0v) is 13.3. The van der Waals surface area contributed by atoms with Gasteiger partial charge in [0.2, 0.25) is 0 Å². The number of nitrogens with zero attached hydrogens (tertiary/aromatic N) is 1. The largest absolute Gasteiger partial charge is 0.463 e. The van der Waals surface area contributed by atoms with Gasteiger partial charge in [-0.2, -0.15) is 0 Å². The molecule has 122 valence electrons. The molecule has 0 saturated heterocycles. The van der Waals surface area contributed by atoms with Gasteiger partial charge in [-0.15, -0.1) is 0 Å². The molecular weight excluding hydrogens is 287 g/mol. The first-order valence-electron chi connectivity index (χ1n) is 7.26. The molecule has 0 atom stereocenters. The summed E-state index contributed by atoms with van der Waals surface area (Å²) in [7, 11) is 1.55. The summed E-state index contributed by atoms with van der Waals surface area (Å²) < 4.78 is 23.9. The number of ether oxygens (including phenoxy) is 2. The van der Waals surface area contributed by atoms with Crippen molar-refractivity contribution in [3.8, 4) is 0 Å². The lowest BCUT2D eigenvalue weighted by molar-refractivity contribution is 0.0950. The van der Waals surface area contributed by atoms with Crippen LogP contribution in [0, 0.1) is 11.7 Å². The van der Waals surface area contributed by atoms with Crippen LogP contribution in [0.3, 0.4) is 0 Å². The first-order valence-corrected chi connectivity index (χ1v) is 7.26. The fourth-order valence-electron chi connectivity index (χ4n) is 1.58. The van der Waals surface area contributed by atoms with Crippen molar-refractivity contribution in [2.45, 2.75) is 20.3 Å². The van der Waals surface area contributed by atoms with Crippen LogP contribution in [-0.4, -0.2) is 38.8 Å². The third-order valence-electron chi connectivity index (χ3n) is 2.83. The molecule has 1 amide bonds. The number of amides is 1. The van der Waals surface area contributed by atoms with Crippen molar-refractivity contribution in [3.63, 3.8) is 0 Å². The lowest BCUT2D eigenvalue weighted by Gasteiger charge is -2.11. The van der Waals surface area contributed by atoms with E-state index in [2.05, 4.69) is 24.2 Å². The third kappa shape index (κ3) is 6.67. The molecule has 0 aromatic heterocycles. The third-order valence-corrected chi connectivity index (χ3v) is 2.83. The average Bonchev–Trinajstić information content (AvgIpc) is 2.47. The van der Waals surface area contributed by atoms with Crippen LogP contribution in [0.25, 0.3) is 0 Å². The van der Waals surface area contributed by atoms with Gasteiger partial charge in [0.1, 0.15) is 12.4 Å². The highest BCUT2D eigenvalue weighted by Crippen LogP contribution is 2.06. The summed E-state index contributed by atoms with van der Waals surface area (Å²) in [6.07, 6.45) is 0.868. The molecule has 0 fully saturated rings. The van der Waals surface area contributed by atoms with E-state index in [0.29, 0.717) is 19.1 Å². The molecule has 0 aliphatic rings. The van der Waals surface area contributed by atoms with Crippen LogP contribution in [0.5, 0.6) is 0 Å². The smallest absolute Gasteiger partial charge is 0.291 e. The van der Waals surface area contributed by atoms with E-state index in [-0.39, 0.29) is 18.2 Å².